The van der Waals surface area contributed by atoms with Gasteiger partial charge in [0.05, 0.1) is 11.2 Å². The molecule has 0 spiro atoms. The molecule has 3 rings (SSSR count). The van der Waals surface area contributed by atoms with E-state index in [-0.39, 0.29) is 0 Å². The smallest absolute Gasteiger partial charge is 0.399 e. The summed E-state index contributed by atoms with van der Waals surface area (Å²) >= 11 is 0. The molecule has 2 heterocycles. The van der Waals surface area contributed by atoms with Crippen LogP contribution in [0.2, 0.25) is 0 Å². The molecule has 0 radical (unpaired) electrons. The van der Waals surface area contributed by atoms with Crippen molar-refractivity contribution in [2.24, 2.45) is 0 Å². The number of hydrogen-bond donors (Lipinski definition) is 0. The molecule has 0 aromatic carbocycles. The van der Waals surface area contributed by atoms with Gasteiger partial charge in [-0.05, 0) is 40.5 Å². The van der Waals surface area contributed by atoms with Gasteiger partial charge in [0.15, 0.2) is 9.84 Å². The van der Waals surface area contributed by atoms with Gasteiger partial charge in [-0.15, -0.1) is 0 Å². The molecule has 6 nitrogen and oxygen atoms in total. The Morgan fingerprint density at radius 2 is 1.50 bits per heavy atom. The quantitative estimate of drug-likeness (QED) is 0.766. The summed E-state index contributed by atoms with van der Waals surface area (Å²) in [6.45, 7) is 7.91. The maximum absolute atomic E-state index is 11.9. The van der Waals surface area contributed by atoms with Gasteiger partial charge in [-0.3, -0.25) is 0 Å². The summed E-state index contributed by atoms with van der Waals surface area (Å²) in [6.07, 6.45) is 5.63. The first-order valence-corrected chi connectivity index (χ1v) is 9.25. The highest BCUT2D eigenvalue weighted by molar-refractivity contribution is 7.91. The zero-order valence-electron chi connectivity index (χ0n) is 13.6. The Hall–Kier alpha value is -0.985. The Kier molecular flexibility index (Phi) is 3.27. The predicted molar refractivity (Wildman–Crippen MR) is 83.5 cm³/mol. The van der Waals surface area contributed by atoms with Gasteiger partial charge in [0.1, 0.15) is 10.6 Å². The topological polar surface area (TPSA) is 78.4 Å². The first-order chi connectivity index (χ1) is 9.99. The molecule has 1 saturated carbocycles. The second kappa shape index (κ2) is 4.52. The van der Waals surface area contributed by atoms with Crippen LogP contribution in [0.4, 0.5) is 0 Å². The molecule has 0 bridgehead atoms. The average molecular weight is 324 g/mol. The molecule has 2 aliphatic rings. The third kappa shape index (κ3) is 2.28. The largest absolute Gasteiger partial charge is 0.498 e. The lowest BCUT2D eigenvalue weighted by Gasteiger charge is -2.32. The second-order valence-corrected chi connectivity index (χ2v) is 9.52. The molecule has 1 aromatic heterocycles. The Morgan fingerprint density at radius 1 is 1.05 bits per heavy atom. The molecule has 0 amide bonds. The summed E-state index contributed by atoms with van der Waals surface area (Å²) in [5, 5.41) is 0. The van der Waals surface area contributed by atoms with Gasteiger partial charge < -0.3 is 9.31 Å². The van der Waals surface area contributed by atoms with Gasteiger partial charge in [0.2, 0.25) is 0 Å². The Morgan fingerprint density at radius 3 is 1.86 bits per heavy atom. The Labute approximate surface area is 131 Å². The highest BCUT2D eigenvalue weighted by Gasteiger charge is 2.56. The van der Waals surface area contributed by atoms with Crippen LogP contribution >= 0.6 is 0 Å². The number of rotatable bonds is 3. The fourth-order valence-electron chi connectivity index (χ4n) is 2.55. The van der Waals surface area contributed by atoms with Crippen molar-refractivity contribution in [3.05, 3.63) is 18.2 Å². The Bertz CT molecular complexity index is 680. The van der Waals surface area contributed by atoms with E-state index in [1.807, 2.05) is 27.7 Å². The molecule has 120 valence electrons. The van der Waals surface area contributed by atoms with Crippen LogP contribution in [0.3, 0.4) is 0 Å². The highest BCUT2D eigenvalue weighted by atomic mass is 32.2. The molecule has 0 unspecified atom stereocenters. The van der Waals surface area contributed by atoms with Gasteiger partial charge in [0.25, 0.3) is 0 Å². The number of hydrogen-bond acceptors (Lipinski definition) is 6. The average Bonchev–Trinajstić information content (AvgIpc) is 3.14. The monoisotopic (exact) mass is 324 g/mol. The molecular weight excluding hydrogens is 303 g/mol. The van der Waals surface area contributed by atoms with Crippen molar-refractivity contribution in [2.45, 2.75) is 56.5 Å². The van der Waals surface area contributed by atoms with Crippen LogP contribution in [0, 0.1) is 0 Å². The van der Waals surface area contributed by atoms with Gasteiger partial charge in [-0.2, -0.15) is 0 Å². The van der Waals surface area contributed by atoms with E-state index in [0.717, 1.165) is 0 Å². The maximum Gasteiger partial charge on any atom is 0.498 e. The third-order valence-corrected chi connectivity index (χ3v) is 7.03. The van der Waals surface area contributed by atoms with E-state index in [0.29, 0.717) is 24.1 Å². The fourth-order valence-corrected chi connectivity index (χ4v) is 3.83. The maximum atomic E-state index is 11.9. The van der Waals surface area contributed by atoms with E-state index in [9.17, 15) is 8.42 Å². The van der Waals surface area contributed by atoms with Gasteiger partial charge in [0, 0.05) is 24.1 Å². The zero-order valence-corrected chi connectivity index (χ0v) is 14.4. The molecule has 22 heavy (non-hydrogen) atoms. The molecule has 1 aliphatic heterocycles. The van der Waals surface area contributed by atoms with E-state index < -0.39 is 32.9 Å². The zero-order chi connectivity index (χ0) is 16.4. The summed E-state index contributed by atoms with van der Waals surface area (Å²) in [5.41, 5.74) is -0.159. The van der Waals surface area contributed by atoms with Gasteiger partial charge in [-0.1, -0.05) is 0 Å². The lowest BCUT2D eigenvalue weighted by Crippen LogP contribution is -2.41. The highest BCUT2D eigenvalue weighted by Crippen LogP contribution is 2.50. The van der Waals surface area contributed by atoms with Crippen LogP contribution in [0.15, 0.2) is 12.4 Å². The molecule has 1 aromatic rings. The van der Waals surface area contributed by atoms with Crippen molar-refractivity contribution >= 4 is 22.4 Å². The summed E-state index contributed by atoms with van der Waals surface area (Å²) < 4.78 is 34.8. The molecule has 0 atom stereocenters. The minimum absolute atomic E-state index is 0.371. The van der Waals surface area contributed by atoms with Crippen LogP contribution in [0.1, 0.15) is 46.4 Å². The SMILES string of the molecule is CC1(C)OB(c2cnc(C3(S(C)(=O)=O)CC3)nc2)OC1(C)C. The predicted octanol–water partition coefficient (Wildman–Crippen LogP) is 0.809. The molecular formula is C14H21BN2O4S. The van der Waals surface area contributed by atoms with Crippen molar-refractivity contribution in [3.63, 3.8) is 0 Å². The van der Waals surface area contributed by atoms with Crippen LogP contribution in [0.25, 0.3) is 0 Å². The third-order valence-electron chi connectivity index (χ3n) is 5.02. The lowest BCUT2D eigenvalue weighted by molar-refractivity contribution is 0.00578. The summed E-state index contributed by atoms with van der Waals surface area (Å²) in [4.78, 5) is 8.54. The first kappa shape index (κ1) is 15.9. The normalized spacial score (nSPS) is 25.2. The van der Waals surface area contributed by atoms with Crippen LogP contribution in [-0.4, -0.2) is 43.0 Å². The van der Waals surface area contributed by atoms with Gasteiger partial charge in [-0.25, -0.2) is 18.4 Å². The fraction of sp³-hybridized carbons (Fsp3) is 0.714. The van der Waals surface area contributed by atoms with Crippen molar-refractivity contribution in [2.75, 3.05) is 6.26 Å². The lowest BCUT2D eigenvalue weighted by atomic mass is 9.81. The summed E-state index contributed by atoms with van der Waals surface area (Å²) in [6, 6.07) is 0. The van der Waals surface area contributed by atoms with E-state index in [1.165, 1.54) is 6.26 Å². The molecule has 2 fully saturated rings. The molecule has 8 heteroatoms. The molecule has 1 saturated heterocycles. The minimum atomic E-state index is -3.20. The van der Waals surface area contributed by atoms with E-state index in [4.69, 9.17) is 9.31 Å². The number of aromatic nitrogens is 2. The van der Waals surface area contributed by atoms with Crippen molar-refractivity contribution in [1.29, 1.82) is 0 Å². The van der Waals surface area contributed by atoms with Crippen LogP contribution in [0.5, 0.6) is 0 Å². The second-order valence-electron chi connectivity index (χ2n) is 7.19. The van der Waals surface area contributed by atoms with Crippen molar-refractivity contribution in [1.82, 2.24) is 9.97 Å². The summed E-state index contributed by atoms with van der Waals surface area (Å²) in [5.74, 6) is 0.371. The van der Waals surface area contributed by atoms with Crippen LogP contribution in [-0.2, 0) is 23.9 Å². The first-order valence-electron chi connectivity index (χ1n) is 7.36. The van der Waals surface area contributed by atoms with E-state index in [2.05, 4.69) is 9.97 Å². The molecule has 1 aliphatic carbocycles. The van der Waals surface area contributed by atoms with E-state index in [1.54, 1.807) is 12.4 Å². The number of nitrogens with zero attached hydrogens (tertiary/aromatic N) is 2. The standard InChI is InChI=1S/C14H21BN2O4S/c1-12(2)13(3,4)21-15(20-12)10-8-16-11(17-9-10)14(6-7-14)22(5,18)19/h8-9H,6-7H2,1-5H3. The van der Waals surface area contributed by atoms with Crippen LogP contribution < -0.4 is 5.46 Å². The Balaban J connectivity index is 1.85. The minimum Gasteiger partial charge on any atom is -0.399 e. The van der Waals surface area contributed by atoms with Crippen molar-refractivity contribution < 1.29 is 17.7 Å². The van der Waals surface area contributed by atoms with Crippen molar-refractivity contribution in [3.8, 4) is 0 Å². The summed E-state index contributed by atoms with van der Waals surface area (Å²) in [7, 11) is -3.74. The van der Waals surface area contributed by atoms with Gasteiger partial charge >= 0.3 is 7.12 Å². The molecule has 0 N–H and O–H groups in total. The van der Waals surface area contributed by atoms with E-state index >= 15 is 0 Å². The number of sulfone groups is 1.